The number of carbonyl (C=O) groups is 1. The van der Waals surface area contributed by atoms with Crippen molar-refractivity contribution in [1.29, 1.82) is 0 Å². The van der Waals surface area contributed by atoms with E-state index in [4.69, 9.17) is 9.26 Å². The molecule has 4 unspecified atom stereocenters. The summed E-state index contributed by atoms with van der Waals surface area (Å²) in [4.78, 5) is 15.7. The lowest BCUT2D eigenvalue weighted by molar-refractivity contribution is -0.142. The number of nitrogens with zero attached hydrogens (tertiary/aromatic N) is 2. The highest BCUT2D eigenvalue weighted by atomic mass is 16.5. The third-order valence-electron chi connectivity index (χ3n) is 3.92. The predicted molar refractivity (Wildman–Crippen MR) is 71.2 cm³/mol. The Balaban J connectivity index is 2.17. The monoisotopic (exact) mass is 282 g/mol. The number of hydrogen-bond acceptors (Lipinski definition) is 5. The largest absolute Gasteiger partial charge is 0.481 e. The van der Waals surface area contributed by atoms with Crippen molar-refractivity contribution in [3.8, 4) is 0 Å². The molecule has 1 aromatic rings. The zero-order chi connectivity index (χ0) is 14.7. The van der Waals surface area contributed by atoms with Crippen molar-refractivity contribution < 1.29 is 19.2 Å². The van der Waals surface area contributed by atoms with Crippen LogP contribution in [0.25, 0.3) is 0 Å². The Hall–Kier alpha value is -1.43. The summed E-state index contributed by atoms with van der Waals surface area (Å²) in [5.74, 6) is -0.0578. The molecule has 1 fully saturated rings. The van der Waals surface area contributed by atoms with Gasteiger partial charge in [-0.05, 0) is 32.1 Å². The van der Waals surface area contributed by atoms with Gasteiger partial charge in [-0.25, -0.2) is 0 Å². The summed E-state index contributed by atoms with van der Waals surface area (Å²) in [7, 11) is 0. The average molecular weight is 282 g/mol. The molecule has 4 atom stereocenters. The fraction of sp³-hybridized carbons (Fsp3) is 0.786. The van der Waals surface area contributed by atoms with Gasteiger partial charge in [0.2, 0.25) is 11.7 Å². The van der Waals surface area contributed by atoms with Crippen molar-refractivity contribution in [2.75, 3.05) is 6.61 Å². The summed E-state index contributed by atoms with van der Waals surface area (Å²) in [6, 6.07) is 0. The third kappa shape index (κ3) is 3.00. The van der Waals surface area contributed by atoms with Crippen molar-refractivity contribution in [2.24, 2.45) is 11.8 Å². The lowest BCUT2D eigenvalue weighted by Gasteiger charge is -2.11. The molecule has 6 nitrogen and oxygen atoms in total. The van der Waals surface area contributed by atoms with Gasteiger partial charge < -0.3 is 14.4 Å². The molecule has 1 saturated carbocycles. The smallest absolute Gasteiger partial charge is 0.307 e. The van der Waals surface area contributed by atoms with Gasteiger partial charge in [0.15, 0.2) is 0 Å². The Kier molecular flexibility index (Phi) is 4.75. The van der Waals surface area contributed by atoms with Gasteiger partial charge in [-0.15, -0.1) is 0 Å². The second kappa shape index (κ2) is 6.35. The van der Waals surface area contributed by atoms with E-state index in [-0.39, 0.29) is 12.0 Å². The molecule has 0 amide bonds. The fourth-order valence-corrected chi connectivity index (χ4v) is 2.94. The van der Waals surface area contributed by atoms with Crippen molar-refractivity contribution in [3.05, 3.63) is 11.7 Å². The maximum absolute atomic E-state index is 11.3. The van der Waals surface area contributed by atoms with Crippen molar-refractivity contribution in [3.63, 3.8) is 0 Å². The maximum Gasteiger partial charge on any atom is 0.307 e. The van der Waals surface area contributed by atoms with E-state index in [9.17, 15) is 9.90 Å². The summed E-state index contributed by atoms with van der Waals surface area (Å²) in [5.41, 5.74) is 0. The van der Waals surface area contributed by atoms with E-state index < -0.39 is 11.9 Å². The zero-order valence-corrected chi connectivity index (χ0v) is 12.2. The first-order chi connectivity index (χ1) is 9.56. The molecule has 0 aliphatic heterocycles. The number of carboxylic acids is 1. The van der Waals surface area contributed by atoms with Crippen LogP contribution in [0, 0.1) is 11.8 Å². The van der Waals surface area contributed by atoms with Crippen LogP contribution in [0.5, 0.6) is 0 Å². The van der Waals surface area contributed by atoms with Crippen LogP contribution in [0.3, 0.4) is 0 Å². The molecule has 1 aromatic heterocycles. The SMILES string of the molecule is CCOC(CC)c1noc(C2CC(C)CC2C(=O)O)n1. The first kappa shape index (κ1) is 15.0. The van der Waals surface area contributed by atoms with E-state index in [0.717, 1.165) is 12.8 Å². The quantitative estimate of drug-likeness (QED) is 0.863. The van der Waals surface area contributed by atoms with Crippen LogP contribution in [0.4, 0.5) is 0 Å². The molecule has 1 aliphatic rings. The molecule has 1 aliphatic carbocycles. The highest BCUT2D eigenvalue weighted by Gasteiger charge is 2.41. The molecule has 1 heterocycles. The second-order valence-corrected chi connectivity index (χ2v) is 5.47. The fourth-order valence-electron chi connectivity index (χ4n) is 2.94. The highest BCUT2D eigenvalue weighted by Crippen LogP contribution is 2.42. The zero-order valence-electron chi connectivity index (χ0n) is 12.2. The molecular formula is C14H22N2O4. The van der Waals surface area contributed by atoms with Crippen LogP contribution in [0.2, 0.25) is 0 Å². The van der Waals surface area contributed by atoms with Crippen LogP contribution in [-0.4, -0.2) is 27.8 Å². The first-order valence-corrected chi connectivity index (χ1v) is 7.24. The van der Waals surface area contributed by atoms with Gasteiger partial charge in [0, 0.05) is 6.61 Å². The van der Waals surface area contributed by atoms with Crippen molar-refractivity contribution >= 4 is 5.97 Å². The van der Waals surface area contributed by atoms with Gasteiger partial charge in [-0.2, -0.15) is 4.98 Å². The van der Waals surface area contributed by atoms with E-state index in [1.807, 2.05) is 13.8 Å². The summed E-state index contributed by atoms with van der Waals surface area (Å²) in [5, 5.41) is 13.3. The number of aromatic nitrogens is 2. The van der Waals surface area contributed by atoms with Crippen LogP contribution in [0.1, 0.15) is 63.8 Å². The van der Waals surface area contributed by atoms with Gasteiger partial charge in [-0.1, -0.05) is 19.0 Å². The maximum atomic E-state index is 11.3. The summed E-state index contributed by atoms with van der Waals surface area (Å²) in [6.45, 7) is 6.56. The Bertz CT molecular complexity index is 460. The van der Waals surface area contributed by atoms with Crippen molar-refractivity contribution in [2.45, 2.75) is 52.1 Å². The molecule has 0 radical (unpaired) electrons. The molecule has 1 N–H and O–H groups in total. The lowest BCUT2D eigenvalue weighted by Crippen LogP contribution is -2.17. The number of carboxylic acid groups (broad SMARTS) is 1. The molecule has 112 valence electrons. The minimum atomic E-state index is -0.782. The van der Waals surface area contributed by atoms with Crippen LogP contribution in [-0.2, 0) is 9.53 Å². The van der Waals surface area contributed by atoms with Gasteiger partial charge in [0.1, 0.15) is 6.10 Å². The van der Waals surface area contributed by atoms with E-state index in [0.29, 0.717) is 30.7 Å². The topological polar surface area (TPSA) is 85.5 Å². The van der Waals surface area contributed by atoms with Gasteiger partial charge in [0.05, 0.1) is 11.8 Å². The lowest BCUT2D eigenvalue weighted by atomic mass is 9.96. The standard InChI is InChI=1S/C14H22N2O4/c1-4-11(19-5-2)12-15-13(20-16-12)9-6-8(3)7-10(9)14(17)18/h8-11H,4-7H2,1-3H3,(H,17,18). The first-order valence-electron chi connectivity index (χ1n) is 7.24. The number of ether oxygens (including phenoxy) is 1. The Morgan fingerprint density at radius 1 is 1.50 bits per heavy atom. The average Bonchev–Trinajstić information content (AvgIpc) is 3.02. The molecule has 6 heteroatoms. The summed E-state index contributed by atoms with van der Waals surface area (Å²) < 4.78 is 10.8. The molecule has 0 bridgehead atoms. The molecule has 20 heavy (non-hydrogen) atoms. The molecular weight excluding hydrogens is 260 g/mol. The number of rotatable bonds is 6. The van der Waals surface area contributed by atoms with E-state index in [2.05, 4.69) is 17.1 Å². The summed E-state index contributed by atoms with van der Waals surface area (Å²) in [6.07, 6.45) is 2.03. The van der Waals surface area contributed by atoms with E-state index >= 15 is 0 Å². The molecule has 0 saturated heterocycles. The van der Waals surface area contributed by atoms with Crippen LogP contribution >= 0.6 is 0 Å². The Morgan fingerprint density at radius 2 is 2.25 bits per heavy atom. The Labute approximate surface area is 118 Å². The second-order valence-electron chi connectivity index (χ2n) is 5.47. The Morgan fingerprint density at radius 3 is 2.85 bits per heavy atom. The predicted octanol–water partition coefficient (Wildman–Crippen LogP) is 2.77. The van der Waals surface area contributed by atoms with E-state index in [1.54, 1.807) is 0 Å². The number of hydrogen-bond donors (Lipinski definition) is 1. The number of aliphatic carboxylic acids is 1. The van der Waals surface area contributed by atoms with Crippen LogP contribution in [0.15, 0.2) is 4.52 Å². The van der Waals surface area contributed by atoms with Gasteiger partial charge in [0.25, 0.3) is 0 Å². The van der Waals surface area contributed by atoms with Gasteiger partial charge >= 0.3 is 5.97 Å². The molecule has 2 rings (SSSR count). The molecule has 0 spiro atoms. The van der Waals surface area contributed by atoms with Gasteiger partial charge in [-0.3, -0.25) is 4.79 Å². The van der Waals surface area contributed by atoms with E-state index in [1.165, 1.54) is 0 Å². The van der Waals surface area contributed by atoms with Crippen molar-refractivity contribution in [1.82, 2.24) is 10.1 Å². The molecule has 0 aromatic carbocycles. The van der Waals surface area contributed by atoms with Crippen LogP contribution < -0.4 is 0 Å². The normalized spacial score (nSPS) is 27.6. The highest BCUT2D eigenvalue weighted by molar-refractivity contribution is 5.71. The minimum absolute atomic E-state index is 0.178. The minimum Gasteiger partial charge on any atom is -0.481 e. The third-order valence-corrected chi connectivity index (χ3v) is 3.92. The summed E-state index contributed by atoms with van der Waals surface area (Å²) >= 11 is 0.